The Morgan fingerprint density at radius 2 is 1.05 bits per heavy atom. The SMILES string of the molecule is CC[C@@H](O)[C@@]1(C)OC(=O)N(CCCCN=[N+]=[N-])[C@@H]1[C@@H](Cc1cccc(Br)c1)NC[C@H](C)C[C@@](C)(OC)[C@H](O[C@@H]1OC(C)CC(N(C)C)C1P=O)[C@@H](C)C1=C(C)C(=O)OC(C)(C)O1.CC[C@@H](O)[C@@]1(C)OC(=O)N(CCCCN=[N+]=[N-])[C@@H]1[C@H](N)Cc1cccc(Br)c1.CO[C@](C)(C[C@@H](C)C=O)[C@H](O[C@@H]1OC(C)CC(N(C)C)C1P=O)[C@@H](C)C1=C(C)C(=O)OC(C)(C)O1.[B].[C-]#N.[Na+]. The van der Waals surface area contributed by atoms with Gasteiger partial charge in [-0.05, 0) is 220 Å². The van der Waals surface area contributed by atoms with Crippen LogP contribution in [-0.4, -0.2) is 275 Å². The normalized spacial score (nSPS) is 27.4. The van der Waals surface area contributed by atoms with Crippen LogP contribution < -0.4 is 40.6 Å². The number of azide groups is 2. The summed E-state index contributed by atoms with van der Waals surface area (Å²) < 4.78 is 101. The molecular weight excluding hydrogens is 1840 g/mol. The van der Waals surface area contributed by atoms with Crippen LogP contribution in [0.5, 0.6) is 0 Å². The first-order valence-corrected chi connectivity index (χ1v) is 47.0. The molecule has 8 rings (SSSR count). The molecule has 0 spiro atoms. The first kappa shape index (κ1) is 118. The molecule has 5 N–H and O–H groups in total. The van der Waals surface area contributed by atoms with Crippen molar-refractivity contribution in [2.75, 3.05) is 75.1 Å². The minimum Gasteiger partial charge on any atom is -0.512 e. The standard InChI is InChI=1S/C44H70BrN6O10P.C25H42NO8P.C19H28BrN5O3.CN.B.Na/c1-13-34(52)44(9)37(51(41(54)61-44)20-15-14-19-48-49-46)32(23-30-17-16-18-31(45)22-30)47-25-26(2)24-43(8,56-12)38(28(4)35-29(5)39(53)60-42(6,7)59-35)58-40-36(62-55)33(50(10)11)21-27(3)57-40;1-14(13-27)12-25(7,30-10)21(16(3)19-17(4)22(28)34-24(5,6)33-19)32-23-20(35-29)18(26(8)9)11-15(2)31-23;1-3-16(26)19(2)17(15(21)12-13-7-6-8-14(20)11-13)25(18(27)28-19)10-5-4-9-23-24-22;1-2;;/h16-18,22,26-28,32-34,36-38,40,47,52H,13-15,19-21,23-25H2,1-12H3;13-16,18,20-21,23H,11-12H2,1-10H3;6-8,11,15-17,26H,3-5,9-10,12,21H2,1-2H3;;;/q;;;-1;;+1/t26-,27?,28+,32-,33?,34-,36?,37-,38-,40+,43-,44-;14-,15?,16+,18?,20?,21-,23+,25-;15-,16-,17-,19-;;;/m111.../s1. The van der Waals surface area contributed by atoms with Crippen molar-refractivity contribution in [2.45, 2.75) is 332 Å². The Morgan fingerprint density at radius 3 is 1.42 bits per heavy atom. The number of carbonyl (C=O) groups is 5. The third-order valence-corrected chi connectivity index (χ3v) is 27.5. The summed E-state index contributed by atoms with van der Waals surface area (Å²) in [6.45, 7) is 39.5. The molecule has 3 radical (unpaired) electrons. The molecule has 6 heterocycles. The monoisotopic (exact) mass is 1980 g/mol. The second-order valence-electron chi connectivity index (χ2n) is 36.4. The summed E-state index contributed by atoms with van der Waals surface area (Å²) in [6, 6.07) is 13.9. The molecule has 0 bridgehead atoms. The molecule has 0 aliphatic carbocycles. The molecule has 4 saturated heterocycles. The predicted molar refractivity (Wildman–Crippen MR) is 492 cm³/mol. The Kier molecular flexibility index (Phi) is 49.0. The maximum atomic E-state index is 13.7. The second-order valence-corrected chi connectivity index (χ2v) is 39.8. The van der Waals surface area contributed by atoms with Gasteiger partial charge in [0, 0.05) is 137 Å². The minimum absolute atomic E-state index is 0. The molecule has 40 heteroatoms. The van der Waals surface area contributed by atoms with Crippen LogP contribution in [0.2, 0.25) is 0 Å². The fourth-order valence-corrected chi connectivity index (χ4v) is 20.8. The van der Waals surface area contributed by atoms with E-state index in [-0.39, 0.29) is 97.1 Å². The van der Waals surface area contributed by atoms with E-state index in [9.17, 15) is 43.3 Å². The number of aldehydes is 1. The van der Waals surface area contributed by atoms with Crippen LogP contribution in [0.1, 0.15) is 200 Å². The zero-order valence-corrected chi connectivity index (χ0v) is 87.1. The number of rotatable bonds is 44. The molecule has 6 unspecified atom stereocenters. The van der Waals surface area contributed by atoms with Crippen molar-refractivity contribution in [1.82, 2.24) is 24.9 Å². The van der Waals surface area contributed by atoms with Crippen molar-refractivity contribution in [3.8, 4) is 0 Å². The van der Waals surface area contributed by atoms with E-state index in [0.29, 0.717) is 132 Å². The first-order chi connectivity index (χ1) is 59.7. The number of amides is 2. The van der Waals surface area contributed by atoms with Crippen molar-refractivity contribution in [3.05, 3.63) is 119 Å². The molecule has 4 fully saturated rings. The predicted octanol–water partition coefficient (Wildman–Crippen LogP) is 12.6. The average molecular weight is 1980 g/mol. The Balaban J connectivity index is 0.000000540. The third kappa shape index (κ3) is 31.5. The third-order valence-electron chi connectivity index (χ3n) is 24.9. The molecule has 2 amide bonds. The molecule has 6 aliphatic heterocycles. The molecule has 2 aromatic carbocycles. The number of esters is 2. The van der Waals surface area contributed by atoms with Gasteiger partial charge in [0.1, 0.15) is 29.1 Å². The molecule has 24 atom stereocenters. The molecule has 129 heavy (non-hydrogen) atoms. The van der Waals surface area contributed by atoms with Gasteiger partial charge < -0.3 is 105 Å². The van der Waals surface area contributed by atoms with Gasteiger partial charge >= 0.3 is 53.7 Å². The molecular formula is C89H140BBr2N13NaO21P2. The van der Waals surface area contributed by atoms with Gasteiger partial charge in [0.25, 0.3) is 0 Å². The summed E-state index contributed by atoms with van der Waals surface area (Å²) in [5.74, 6) is -3.89. The van der Waals surface area contributed by atoms with Crippen LogP contribution in [0.4, 0.5) is 9.59 Å². The van der Waals surface area contributed by atoms with Gasteiger partial charge in [-0.1, -0.05) is 108 Å². The largest absolute Gasteiger partial charge is 1.00 e. The number of aliphatic hydroxyl groups is 2. The summed E-state index contributed by atoms with van der Waals surface area (Å²) in [5, 5.41) is 39.4. The van der Waals surface area contributed by atoms with Crippen molar-refractivity contribution in [2.24, 2.45) is 39.6 Å². The number of aliphatic hydroxyl groups excluding tert-OH is 2. The summed E-state index contributed by atoms with van der Waals surface area (Å²) in [5.41, 5.74) is 21.2. The number of methoxy groups -OCH3 is 2. The Bertz CT molecular complexity index is 4160. The number of cyclic esters (lactones) is 4. The van der Waals surface area contributed by atoms with Crippen molar-refractivity contribution < 1.29 is 130 Å². The van der Waals surface area contributed by atoms with E-state index in [2.05, 4.69) is 64.2 Å². The van der Waals surface area contributed by atoms with Gasteiger partial charge in [0.05, 0.1) is 71.1 Å². The van der Waals surface area contributed by atoms with Crippen LogP contribution in [0.25, 0.3) is 20.9 Å². The zero-order valence-electron chi connectivity index (χ0n) is 80.1. The summed E-state index contributed by atoms with van der Waals surface area (Å²) >= 11 is 7.08. The number of nitrogens with zero attached hydrogens (tertiary/aromatic N) is 11. The minimum atomic E-state index is -1.24. The fourth-order valence-electron chi connectivity index (χ4n) is 18.3. The number of hydrogen-bond donors (Lipinski definition) is 4. The quantitative estimate of drug-likeness (QED) is 0.00457. The smallest absolute Gasteiger partial charge is 0.512 e. The maximum Gasteiger partial charge on any atom is 1.00 e. The van der Waals surface area contributed by atoms with Gasteiger partial charge in [-0.25, -0.2) is 19.2 Å². The number of ether oxygens (including phenoxy) is 12. The summed E-state index contributed by atoms with van der Waals surface area (Å²) in [4.78, 5) is 76.6. The van der Waals surface area contributed by atoms with E-state index in [4.69, 9.17) is 85.5 Å². The number of nitrogens with one attached hydrogen (secondary N) is 1. The topological polar surface area (TPSA) is 443 Å². The number of nitrogens with two attached hydrogens (primary N) is 1. The number of carbonyl (C=O) groups excluding carboxylic acids is 5. The second kappa shape index (κ2) is 53.7. The Morgan fingerprint density at radius 1 is 0.667 bits per heavy atom. The molecule has 2 aromatic rings. The zero-order chi connectivity index (χ0) is 95.6. The van der Waals surface area contributed by atoms with Gasteiger partial charge in [0.15, 0.2) is 40.7 Å². The molecule has 34 nitrogen and oxygen atoms in total. The number of benzene rings is 2. The van der Waals surface area contributed by atoms with E-state index >= 15 is 0 Å². The number of halogens is 2. The molecule has 715 valence electrons. The van der Waals surface area contributed by atoms with Crippen LogP contribution in [0, 0.1) is 35.5 Å². The maximum absolute atomic E-state index is 13.7. The van der Waals surface area contributed by atoms with E-state index in [1.165, 1.54) is 0 Å². The molecule has 0 saturated carbocycles. The Labute approximate surface area is 807 Å². The number of unbranched alkanes of at least 4 members (excludes halogenated alkanes) is 2. The average Bonchev–Trinajstić information content (AvgIpc) is 1.42. The van der Waals surface area contributed by atoms with Gasteiger partial charge in [-0.2, -0.15) is 0 Å². The van der Waals surface area contributed by atoms with Crippen LogP contribution in [0.3, 0.4) is 0 Å². The van der Waals surface area contributed by atoms with E-state index in [1.54, 1.807) is 79.4 Å². The van der Waals surface area contributed by atoms with E-state index < -0.39 is 136 Å². The van der Waals surface area contributed by atoms with Gasteiger partial charge in [-0.3, -0.25) is 18.9 Å². The van der Waals surface area contributed by atoms with Gasteiger partial charge in [-0.15, -0.1) is 0 Å². The number of hydrogen-bond acceptors (Lipinski definition) is 28. The summed E-state index contributed by atoms with van der Waals surface area (Å²) in [6.07, 6.45) is 1.25. The van der Waals surface area contributed by atoms with Crippen molar-refractivity contribution >= 4 is 87.6 Å². The van der Waals surface area contributed by atoms with Crippen LogP contribution >= 0.6 is 48.8 Å². The summed E-state index contributed by atoms with van der Waals surface area (Å²) in [7, 11) is 10.8. The van der Waals surface area contributed by atoms with Crippen LogP contribution in [-0.2, 0) is 93.2 Å². The first-order valence-electron chi connectivity index (χ1n) is 43.7. The van der Waals surface area contributed by atoms with Crippen molar-refractivity contribution in [1.29, 1.82) is 5.26 Å². The van der Waals surface area contributed by atoms with Gasteiger partial charge in [0.2, 0.25) is 11.6 Å². The van der Waals surface area contributed by atoms with Crippen LogP contribution in [0.15, 0.2) is 90.4 Å². The molecule has 0 aromatic heterocycles. The molecule has 6 aliphatic rings. The Hall–Kier alpha value is -5.48. The van der Waals surface area contributed by atoms with E-state index in [1.807, 2.05) is 149 Å². The fraction of sp³-hybridized carbons (Fsp3) is 0.753. The van der Waals surface area contributed by atoms with Crippen molar-refractivity contribution in [3.63, 3.8) is 0 Å². The van der Waals surface area contributed by atoms with E-state index in [0.717, 1.165) is 26.4 Å².